The fourth-order valence-corrected chi connectivity index (χ4v) is 2.44. The fourth-order valence-electron chi connectivity index (χ4n) is 1.84. The lowest BCUT2D eigenvalue weighted by Gasteiger charge is -2.10. The van der Waals surface area contributed by atoms with Gasteiger partial charge in [0.1, 0.15) is 5.82 Å². The Bertz CT molecular complexity index is 662. The number of nitro benzene ring substituents is 1. The minimum Gasteiger partial charge on any atom is -0.380 e. The van der Waals surface area contributed by atoms with Gasteiger partial charge in [0, 0.05) is 22.6 Å². The van der Waals surface area contributed by atoms with E-state index >= 15 is 0 Å². The second-order valence-electron chi connectivity index (χ2n) is 4.36. The summed E-state index contributed by atoms with van der Waals surface area (Å²) in [5.74, 6) is -0.307. The molecule has 20 heavy (non-hydrogen) atoms. The third-order valence-corrected chi connectivity index (χ3v) is 3.51. The molecule has 0 heterocycles. The van der Waals surface area contributed by atoms with Crippen LogP contribution in [0.2, 0.25) is 0 Å². The van der Waals surface area contributed by atoms with E-state index in [0.717, 1.165) is 10.0 Å². The van der Waals surface area contributed by atoms with E-state index in [1.165, 1.54) is 18.2 Å². The van der Waals surface area contributed by atoms with Gasteiger partial charge >= 0.3 is 0 Å². The van der Waals surface area contributed by atoms with E-state index in [-0.39, 0.29) is 11.5 Å². The maximum Gasteiger partial charge on any atom is 0.274 e. The second-order valence-corrected chi connectivity index (χ2v) is 5.21. The standard InChI is InChI=1S/C14H12BrFN2O2/c1-9-5-12(15)13(7-14(9)18(19)20)17-8-10-3-2-4-11(16)6-10/h2-7,17H,8H2,1H3. The molecule has 2 rings (SSSR count). The molecule has 0 amide bonds. The van der Waals surface area contributed by atoms with Crippen LogP contribution in [0.3, 0.4) is 0 Å². The molecule has 0 aliphatic rings. The Morgan fingerprint density at radius 2 is 2.10 bits per heavy atom. The first-order valence-corrected chi connectivity index (χ1v) is 6.69. The highest BCUT2D eigenvalue weighted by molar-refractivity contribution is 9.10. The van der Waals surface area contributed by atoms with E-state index in [4.69, 9.17) is 0 Å². The Hall–Kier alpha value is -1.95. The van der Waals surface area contributed by atoms with Crippen LogP contribution in [0.15, 0.2) is 40.9 Å². The molecule has 0 aliphatic carbocycles. The van der Waals surface area contributed by atoms with Gasteiger partial charge in [-0.3, -0.25) is 10.1 Å². The predicted octanol–water partition coefficient (Wildman–Crippen LogP) is 4.42. The van der Waals surface area contributed by atoms with Crippen molar-refractivity contribution in [3.63, 3.8) is 0 Å². The highest BCUT2D eigenvalue weighted by atomic mass is 79.9. The monoisotopic (exact) mass is 338 g/mol. The molecule has 0 spiro atoms. The summed E-state index contributed by atoms with van der Waals surface area (Å²) in [7, 11) is 0. The first kappa shape index (κ1) is 14.5. The van der Waals surface area contributed by atoms with E-state index in [9.17, 15) is 14.5 Å². The zero-order chi connectivity index (χ0) is 14.7. The smallest absolute Gasteiger partial charge is 0.274 e. The molecular weight excluding hydrogens is 327 g/mol. The largest absolute Gasteiger partial charge is 0.380 e. The van der Waals surface area contributed by atoms with Crippen molar-refractivity contribution < 1.29 is 9.31 Å². The molecule has 0 aromatic heterocycles. The maximum atomic E-state index is 13.1. The van der Waals surface area contributed by atoms with Gasteiger partial charge in [0.05, 0.1) is 10.6 Å². The summed E-state index contributed by atoms with van der Waals surface area (Å²) in [5.41, 5.74) is 2.00. The van der Waals surface area contributed by atoms with Gasteiger partial charge in [-0.25, -0.2) is 4.39 Å². The SMILES string of the molecule is Cc1cc(Br)c(NCc2cccc(F)c2)cc1[N+](=O)[O-]. The predicted molar refractivity (Wildman–Crippen MR) is 79.3 cm³/mol. The Kier molecular flexibility index (Phi) is 4.34. The van der Waals surface area contributed by atoms with Crippen LogP contribution >= 0.6 is 15.9 Å². The van der Waals surface area contributed by atoms with E-state index in [2.05, 4.69) is 21.2 Å². The number of aryl methyl sites for hydroxylation is 1. The van der Waals surface area contributed by atoms with Gasteiger partial charge in [0.15, 0.2) is 0 Å². The summed E-state index contributed by atoms with van der Waals surface area (Å²) in [6.07, 6.45) is 0. The topological polar surface area (TPSA) is 55.2 Å². The molecule has 2 aromatic carbocycles. The van der Waals surface area contributed by atoms with Crippen molar-refractivity contribution in [1.29, 1.82) is 0 Å². The van der Waals surface area contributed by atoms with Crippen LogP contribution < -0.4 is 5.32 Å². The van der Waals surface area contributed by atoms with Crippen molar-refractivity contribution >= 4 is 27.3 Å². The molecule has 0 saturated carbocycles. The van der Waals surface area contributed by atoms with Crippen LogP contribution in [0.1, 0.15) is 11.1 Å². The molecule has 2 aromatic rings. The van der Waals surface area contributed by atoms with E-state index < -0.39 is 4.92 Å². The van der Waals surface area contributed by atoms with Crippen molar-refractivity contribution in [3.05, 3.63) is 67.9 Å². The summed E-state index contributed by atoms with van der Waals surface area (Å²) in [5, 5.41) is 14.0. The van der Waals surface area contributed by atoms with Gasteiger partial charge in [-0.05, 0) is 46.6 Å². The van der Waals surface area contributed by atoms with Crippen molar-refractivity contribution in [2.24, 2.45) is 0 Å². The summed E-state index contributed by atoms with van der Waals surface area (Å²) in [4.78, 5) is 10.5. The van der Waals surface area contributed by atoms with E-state index in [0.29, 0.717) is 17.8 Å². The number of nitrogens with zero attached hydrogens (tertiary/aromatic N) is 1. The summed E-state index contributed by atoms with van der Waals surface area (Å²) in [6.45, 7) is 2.07. The summed E-state index contributed by atoms with van der Waals surface area (Å²) in [6, 6.07) is 9.36. The first-order chi connectivity index (χ1) is 9.47. The van der Waals surface area contributed by atoms with Gasteiger partial charge in [-0.2, -0.15) is 0 Å². The third kappa shape index (κ3) is 3.33. The molecule has 0 bridgehead atoms. The molecular formula is C14H12BrFN2O2. The lowest BCUT2D eigenvalue weighted by atomic mass is 10.1. The highest BCUT2D eigenvalue weighted by Gasteiger charge is 2.14. The average Bonchev–Trinajstić information content (AvgIpc) is 2.37. The minimum absolute atomic E-state index is 0.0509. The number of hydrogen-bond acceptors (Lipinski definition) is 3. The molecule has 104 valence electrons. The van der Waals surface area contributed by atoms with Crippen molar-refractivity contribution in [2.45, 2.75) is 13.5 Å². The van der Waals surface area contributed by atoms with Crippen LogP contribution in [0.5, 0.6) is 0 Å². The molecule has 0 radical (unpaired) electrons. The molecule has 0 atom stereocenters. The molecule has 0 aliphatic heterocycles. The number of nitro groups is 1. The average molecular weight is 339 g/mol. The summed E-state index contributed by atoms with van der Waals surface area (Å²) >= 11 is 3.36. The normalized spacial score (nSPS) is 10.3. The Morgan fingerprint density at radius 1 is 1.35 bits per heavy atom. The number of hydrogen-bond donors (Lipinski definition) is 1. The zero-order valence-corrected chi connectivity index (χ0v) is 12.3. The van der Waals surface area contributed by atoms with Crippen LogP contribution in [-0.2, 0) is 6.54 Å². The highest BCUT2D eigenvalue weighted by Crippen LogP contribution is 2.30. The number of anilines is 1. The summed E-state index contributed by atoms with van der Waals surface area (Å²) < 4.78 is 13.8. The Balaban J connectivity index is 2.21. The maximum absolute atomic E-state index is 13.1. The Labute approximate surface area is 123 Å². The van der Waals surface area contributed by atoms with Crippen molar-refractivity contribution in [2.75, 3.05) is 5.32 Å². The van der Waals surface area contributed by atoms with Gasteiger partial charge in [-0.15, -0.1) is 0 Å². The molecule has 0 fully saturated rings. The lowest BCUT2D eigenvalue weighted by Crippen LogP contribution is -2.02. The van der Waals surface area contributed by atoms with Gasteiger partial charge in [0.2, 0.25) is 0 Å². The van der Waals surface area contributed by atoms with Crippen LogP contribution in [-0.4, -0.2) is 4.92 Å². The number of halogens is 2. The molecule has 0 unspecified atom stereocenters. The number of benzene rings is 2. The molecule has 1 N–H and O–H groups in total. The quantitative estimate of drug-likeness (QED) is 0.663. The lowest BCUT2D eigenvalue weighted by molar-refractivity contribution is -0.385. The number of nitrogens with one attached hydrogen (secondary N) is 1. The minimum atomic E-state index is -0.421. The van der Waals surface area contributed by atoms with Crippen molar-refractivity contribution in [1.82, 2.24) is 0 Å². The van der Waals surface area contributed by atoms with Gasteiger partial charge in [-0.1, -0.05) is 12.1 Å². The van der Waals surface area contributed by atoms with E-state index in [1.807, 2.05) is 0 Å². The molecule has 6 heteroatoms. The Morgan fingerprint density at radius 3 is 2.75 bits per heavy atom. The van der Waals surface area contributed by atoms with E-state index in [1.54, 1.807) is 25.1 Å². The first-order valence-electron chi connectivity index (χ1n) is 5.90. The fraction of sp³-hybridized carbons (Fsp3) is 0.143. The van der Waals surface area contributed by atoms with Gasteiger partial charge < -0.3 is 5.32 Å². The zero-order valence-electron chi connectivity index (χ0n) is 10.7. The van der Waals surface area contributed by atoms with Crippen molar-refractivity contribution in [3.8, 4) is 0 Å². The number of rotatable bonds is 4. The second kappa shape index (κ2) is 6.00. The van der Waals surface area contributed by atoms with Crippen LogP contribution in [0.25, 0.3) is 0 Å². The van der Waals surface area contributed by atoms with Crippen LogP contribution in [0.4, 0.5) is 15.8 Å². The van der Waals surface area contributed by atoms with Gasteiger partial charge in [0.25, 0.3) is 5.69 Å². The molecule has 0 saturated heterocycles. The third-order valence-electron chi connectivity index (χ3n) is 2.85. The molecule has 4 nitrogen and oxygen atoms in total. The van der Waals surface area contributed by atoms with Crippen LogP contribution in [0, 0.1) is 22.9 Å².